The maximum absolute atomic E-state index is 13.1. The number of halogens is 1. The quantitative estimate of drug-likeness (QED) is 0.583. The Morgan fingerprint density at radius 3 is 2.67 bits per heavy atom. The Morgan fingerprint density at radius 1 is 1.50 bits per heavy atom. The molecule has 1 nitrogen and oxygen atoms in total. The van der Waals surface area contributed by atoms with Crippen LogP contribution in [0.3, 0.4) is 0 Å². The van der Waals surface area contributed by atoms with Gasteiger partial charge in [-0.05, 0) is 31.0 Å². The van der Waals surface area contributed by atoms with Gasteiger partial charge in [0.15, 0.2) is 0 Å². The lowest BCUT2D eigenvalue weighted by Gasteiger charge is -2.05. The van der Waals surface area contributed by atoms with Gasteiger partial charge in [-0.3, -0.25) is 0 Å². The van der Waals surface area contributed by atoms with E-state index in [0.717, 1.165) is 5.56 Å². The standard InChI is InChI=1S/C10H11FO/c1-7-3-4-8(5-9(7)11)10(2)6-12-10/h3-5H,6H2,1-2H3. The lowest BCUT2D eigenvalue weighted by molar-refractivity contribution is 0.328. The highest BCUT2D eigenvalue weighted by atomic mass is 19.1. The summed E-state index contributed by atoms with van der Waals surface area (Å²) in [4.78, 5) is 0. The summed E-state index contributed by atoms with van der Waals surface area (Å²) in [6.07, 6.45) is 0. The van der Waals surface area contributed by atoms with Crippen LogP contribution in [0.25, 0.3) is 0 Å². The third-order valence-electron chi connectivity index (χ3n) is 2.36. The van der Waals surface area contributed by atoms with Crippen LogP contribution in [-0.4, -0.2) is 6.61 Å². The molecule has 1 aliphatic rings. The fourth-order valence-electron chi connectivity index (χ4n) is 1.20. The second-order valence-corrected chi connectivity index (χ2v) is 3.48. The number of aryl methyl sites for hydroxylation is 1. The van der Waals surface area contributed by atoms with Crippen LogP contribution in [0.4, 0.5) is 4.39 Å². The Balaban J connectivity index is 2.41. The van der Waals surface area contributed by atoms with Crippen LogP contribution in [0.5, 0.6) is 0 Å². The van der Waals surface area contributed by atoms with Crippen LogP contribution in [0, 0.1) is 12.7 Å². The van der Waals surface area contributed by atoms with Gasteiger partial charge in [0.2, 0.25) is 0 Å². The van der Waals surface area contributed by atoms with Crippen molar-refractivity contribution in [3.05, 3.63) is 35.1 Å². The molecule has 1 atom stereocenters. The molecule has 0 radical (unpaired) electrons. The lowest BCUT2D eigenvalue weighted by atomic mass is 10.0. The van der Waals surface area contributed by atoms with Crippen molar-refractivity contribution < 1.29 is 9.13 Å². The van der Waals surface area contributed by atoms with E-state index < -0.39 is 0 Å². The predicted octanol–water partition coefficient (Wildman–Crippen LogP) is 2.38. The van der Waals surface area contributed by atoms with Gasteiger partial charge in [0.25, 0.3) is 0 Å². The van der Waals surface area contributed by atoms with Crippen molar-refractivity contribution in [3.63, 3.8) is 0 Å². The number of hydrogen-bond acceptors (Lipinski definition) is 1. The normalized spacial score (nSPS) is 27.2. The minimum atomic E-state index is -0.214. The van der Waals surface area contributed by atoms with Gasteiger partial charge >= 0.3 is 0 Å². The van der Waals surface area contributed by atoms with E-state index in [4.69, 9.17) is 4.74 Å². The Hall–Kier alpha value is -0.890. The Kier molecular flexibility index (Phi) is 1.48. The lowest BCUT2D eigenvalue weighted by Crippen LogP contribution is -2.02. The summed E-state index contributed by atoms with van der Waals surface area (Å²) in [5.41, 5.74) is 1.41. The molecule has 0 aliphatic carbocycles. The van der Waals surface area contributed by atoms with E-state index in [-0.39, 0.29) is 11.4 Å². The second-order valence-electron chi connectivity index (χ2n) is 3.48. The summed E-state index contributed by atoms with van der Waals surface area (Å²) in [6, 6.07) is 5.27. The maximum atomic E-state index is 13.1. The first-order valence-corrected chi connectivity index (χ1v) is 4.02. The maximum Gasteiger partial charge on any atom is 0.126 e. The summed E-state index contributed by atoms with van der Waals surface area (Å²) in [5.74, 6) is -0.149. The van der Waals surface area contributed by atoms with E-state index in [2.05, 4.69) is 0 Å². The summed E-state index contributed by atoms with van der Waals surface area (Å²) >= 11 is 0. The first-order valence-electron chi connectivity index (χ1n) is 4.02. The summed E-state index contributed by atoms with van der Waals surface area (Å²) in [5, 5.41) is 0. The van der Waals surface area contributed by atoms with Crippen LogP contribution in [-0.2, 0) is 10.3 Å². The van der Waals surface area contributed by atoms with Crippen LogP contribution in [0.1, 0.15) is 18.1 Å². The summed E-state index contributed by atoms with van der Waals surface area (Å²) < 4.78 is 18.3. The van der Waals surface area contributed by atoms with Crippen LogP contribution >= 0.6 is 0 Å². The van der Waals surface area contributed by atoms with Crippen molar-refractivity contribution in [2.45, 2.75) is 19.4 Å². The topological polar surface area (TPSA) is 12.5 Å². The number of benzene rings is 1. The van der Waals surface area contributed by atoms with E-state index >= 15 is 0 Å². The molecule has 0 bridgehead atoms. The van der Waals surface area contributed by atoms with E-state index in [1.807, 2.05) is 13.0 Å². The molecule has 1 aromatic rings. The first kappa shape index (κ1) is 7.74. The molecule has 64 valence electrons. The van der Waals surface area contributed by atoms with Crippen molar-refractivity contribution in [1.29, 1.82) is 0 Å². The monoisotopic (exact) mass is 166 g/mol. The third-order valence-corrected chi connectivity index (χ3v) is 2.36. The molecule has 0 saturated carbocycles. The molecule has 1 aliphatic heterocycles. The Labute approximate surface area is 71.2 Å². The molecule has 1 saturated heterocycles. The molecule has 1 aromatic carbocycles. The van der Waals surface area contributed by atoms with Gasteiger partial charge in [-0.25, -0.2) is 4.39 Å². The van der Waals surface area contributed by atoms with E-state index in [1.165, 1.54) is 0 Å². The smallest absolute Gasteiger partial charge is 0.126 e. The zero-order chi connectivity index (χ0) is 8.77. The van der Waals surface area contributed by atoms with Gasteiger partial charge in [-0.15, -0.1) is 0 Å². The molecule has 2 rings (SSSR count). The van der Waals surface area contributed by atoms with Crippen LogP contribution < -0.4 is 0 Å². The molecule has 0 spiro atoms. The SMILES string of the molecule is Cc1ccc(C2(C)CO2)cc1F. The average Bonchev–Trinajstić information content (AvgIpc) is 2.75. The van der Waals surface area contributed by atoms with Crippen molar-refractivity contribution >= 4 is 0 Å². The second kappa shape index (κ2) is 2.30. The molecule has 0 aromatic heterocycles. The van der Waals surface area contributed by atoms with Gasteiger partial charge < -0.3 is 4.74 Å². The fraction of sp³-hybridized carbons (Fsp3) is 0.400. The molecule has 1 unspecified atom stereocenters. The number of rotatable bonds is 1. The first-order chi connectivity index (χ1) is 5.62. The molecule has 1 fully saturated rings. The Morgan fingerprint density at radius 2 is 2.17 bits per heavy atom. The fourth-order valence-corrected chi connectivity index (χ4v) is 1.20. The van der Waals surface area contributed by atoms with Gasteiger partial charge in [-0.2, -0.15) is 0 Å². The van der Waals surface area contributed by atoms with Crippen LogP contribution in [0.15, 0.2) is 18.2 Å². The van der Waals surface area contributed by atoms with Gasteiger partial charge in [-0.1, -0.05) is 12.1 Å². The third kappa shape index (κ3) is 1.12. The van der Waals surface area contributed by atoms with E-state index in [9.17, 15) is 4.39 Å². The van der Waals surface area contributed by atoms with Crippen molar-refractivity contribution in [2.75, 3.05) is 6.61 Å². The molecular weight excluding hydrogens is 155 g/mol. The van der Waals surface area contributed by atoms with Gasteiger partial charge in [0.05, 0.1) is 6.61 Å². The molecular formula is C10H11FO. The van der Waals surface area contributed by atoms with E-state index in [0.29, 0.717) is 12.2 Å². The molecule has 12 heavy (non-hydrogen) atoms. The molecule has 2 heteroatoms. The van der Waals surface area contributed by atoms with Crippen molar-refractivity contribution in [3.8, 4) is 0 Å². The number of epoxide rings is 1. The van der Waals surface area contributed by atoms with Crippen molar-refractivity contribution in [2.24, 2.45) is 0 Å². The average molecular weight is 166 g/mol. The molecule has 0 N–H and O–H groups in total. The number of ether oxygens (including phenoxy) is 1. The number of hydrogen-bond donors (Lipinski definition) is 0. The van der Waals surface area contributed by atoms with Gasteiger partial charge in [0.1, 0.15) is 11.4 Å². The minimum Gasteiger partial charge on any atom is -0.365 e. The highest BCUT2D eigenvalue weighted by Crippen LogP contribution is 2.38. The predicted molar refractivity (Wildman–Crippen MR) is 44.4 cm³/mol. The zero-order valence-electron chi connectivity index (χ0n) is 7.23. The minimum absolute atomic E-state index is 0.149. The van der Waals surface area contributed by atoms with Crippen LogP contribution in [0.2, 0.25) is 0 Å². The zero-order valence-corrected chi connectivity index (χ0v) is 7.23. The van der Waals surface area contributed by atoms with Crippen molar-refractivity contribution in [1.82, 2.24) is 0 Å². The Bertz CT molecular complexity index is 316. The highest BCUT2D eigenvalue weighted by molar-refractivity contribution is 5.30. The largest absolute Gasteiger partial charge is 0.365 e. The summed E-state index contributed by atoms with van der Waals surface area (Å²) in [6.45, 7) is 4.43. The molecule has 0 amide bonds. The molecule has 1 heterocycles. The van der Waals surface area contributed by atoms with E-state index in [1.54, 1.807) is 19.1 Å². The summed E-state index contributed by atoms with van der Waals surface area (Å²) in [7, 11) is 0. The van der Waals surface area contributed by atoms with Gasteiger partial charge in [0, 0.05) is 0 Å². The highest BCUT2D eigenvalue weighted by Gasteiger charge is 2.41.